The largest absolute Gasteiger partial charge is 0.435 e. The minimum atomic E-state index is -4.81. The molecule has 0 aromatic carbocycles. The van der Waals surface area contributed by atoms with Crippen LogP contribution < -0.4 is 0 Å². The summed E-state index contributed by atoms with van der Waals surface area (Å²) in [5.41, 5.74) is -3.70. The molecule has 2 heterocycles. The number of rotatable bonds is 4. The average Bonchev–Trinajstić information content (AvgIpc) is 3.01. The van der Waals surface area contributed by atoms with Gasteiger partial charge in [-0.2, -0.15) is 36.5 Å². The standard InChI is InChI=1S/C15H10Cl2F6N4O/c1-26-12(16)8(10(24-26)14(18,19)20)5-3-7(28)4-6-9-11(15(21,22)23)25-27(2)13(9)17/h3-6H,1-2H3/b5-3+,6-4+. The zero-order valence-corrected chi connectivity index (χ0v) is 15.5. The van der Waals surface area contributed by atoms with Crippen LogP contribution in [0.25, 0.3) is 12.2 Å². The molecule has 0 spiro atoms. The molecule has 0 aliphatic heterocycles. The summed E-state index contributed by atoms with van der Waals surface area (Å²) in [5, 5.41) is 5.73. The third kappa shape index (κ3) is 4.58. The van der Waals surface area contributed by atoms with Gasteiger partial charge in [0.15, 0.2) is 17.2 Å². The van der Waals surface area contributed by atoms with Crippen LogP contribution in [-0.2, 0) is 31.2 Å². The van der Waals surface area contributed by atoms with E-state index in [-0.39, 0.29) is 10.3 Å². The third-order valence-corrected chi connectivity index (χ3v) is 4.28. The Bertz CT molecular complexity index is 893. The minimum absolute atomic E-state index is 0.366. The van der Waals surface area contributed by atoms with Crippen molar-refractivity contribution in [3.8, 4) is 0 Å². The highest BCUT2D eigenvalue weighted by Gasteiger charge is 2.39. The Morgan fingerprint density at radius 3 is 1.43 bits per heavy atom. The molecule has 28 heavy (non-hydrogen) atoms. The number of carbonyl (C=O) groups excluding carboxylic acids is 1. The van der Waals surface area contributed by atoms with E-state index in [2.05, 4.69) is 10.2 Å². The maximum absolute atomic E-state index is 12.9. The van der Waals surface area contributed by atoms with Crippen LogP contribution in [-0.4, -0.2) is 25.3 Å². The molecule has 0 aliphatic rings. The van der Waals surface area contributed by atoms with Crippen molar-refractivity contribution in [1.82, 2.24) is 19.6 Å². The summed E-state index contributed by atoms with van der Waals surface area (Å²) in [6.45, 7) is 0. The molecule has 152 valence electrons. The fourth-order valence-electron chi connectivity index (χ4n) is 2.14. The van der Waals surface area contributed by atoms with Crippen molar-refractivity contribution < 1.29 is 31.1 Å². The highest BCUT2D eigenvalue weighted by atomic mass is 35.5. The van der Waals surface area contributed by atoms with Crippen LogP contribution in [0.3, 0.4) is 0 Å². The van der Waals surface area contributed by atoms with Crippen molar-refractivity contribution in [1.29, 1.82) is 0 Å². The van der Waals surface area contributed by atoms with Gasteiger partial charge in [0.1, 0.15) is 10.3 Å². The number of carbonyl (C=O) groups is 1. The molecule has 0 bridgehead atoms. The Hall–Kier alpha value is -2.27. The van der Waals surface area contributed by atoms with Crippen LogP contribution in [0.1, 0.15) is 22.5 Å². The summed E-state index contributed by atoms with van der Waals surface area (Å²) >= 11 is 11.5. The first-order chi connectivity index (χ1) is 12.7. The van der Waals surface area contributed by atoms with E-state index in [0.29, 0.717) is 12.2 Å². The van der Waals surface area contributed by atoms with Gasteiger partial charge in [-0.15, -0.1) is 0 Å². The smallest absolute Gasteiger partial charge is 0.290 e. The van der Waals surface area contributed by atoms with E-state index in [9.17, 15) is 31.1 Å². The summed E-state index contributed by atoms with van der Waals surface area (Å²) in [6.07, 6.45) is -6.64. The quantitative estimate of drug-likeness (QED) is 0.500. The molecular formula is C15H10Cl2F6N4O. The van der Waals surface area contributed by atoms with Gasteiger partial charge in [-0.1, -0.05) is 23.2 Å². The van der Waals surface area contributed by atoms with Crippen molar-refractivity contribution in [3.63, 3.8) is 0 Å². The lowest BCUT2D eigenvalue weighted by Crippen LogP contribution is -2.08. The number of allylic oxidation sites excluding steroid dienone is 2. The summed E-state index contributed by atoms with van der Waals surface area (Å²) in [4.78, 5) is 11.9. The molecule has 0 radical (unpaired) electrons. The molecule has 0 atom stereocenters. The van der Waals surface area contributed by atoms with Crippen LogP contribution in [0.5, 0.6) is 0 Å². The number of aromatic nitrogens is 4. The summed E-state index contributed by atoms with van der Waals surface area (Å²) in [5.74, 6) is -0.902. The molecule has 13 heteroatoms. The third-order valence-electron chi connectivity index (χ3n) is 3.39. The number of halogens is 8. The Labute approximate surface area is 163 Å². The molecule has 2 aromatic heterocycles. The van der Waals surface area contributed by atoms with Crippen LogP contribution in [0.2, 0.25) is 10.3 Å². The molecule has 2 aromatic rings. The van der Waals surface area contributed by atoms with Crippen molar-refractivity contribution in [3.05, 3.63) is 45.0 Å². The monoisotopic (exact) mass is 446 g/mol. The number of nitrogens with zero attached hydrogens (tertiary/aromatic N) is 4. The molecule has 0 fully saturated rings. The van der Waals surface area contributed by atoms with Gasteiger partial charge < -0.3 is 0 Å². The van der Waals surface area contributed by atoms with Crippen LogP contribution in [0, 0.1) is 0 Å². The van der Waals surface area contributed by atoms with E-state index in [1.54, 1.807) is 0 Å². The van der Waals surface area contributed by atoms with Gasteiger partial charge >= 0.3 is 12.4 Å². The Balaban J connectivity index is 2.32. The lowest BCUT2D eigenvalue weighted by atomic mass is 10.1. The van der Waals surface area contributed by atoms with Gasteiger partial charge in [0.05, 0.1) is 0 Å². The first kappa shape index (κ1) is 22.0. The Morgan fingerprint density at radius 2 is 1.14 bits per heavy atom. The lowest BCUT2D eigenvalue weighted by Gasteiger charge is -2.03. The zero-order chi connectivity index (χ0) is 21.4. The van der Waals surface area contributed by atoms with Gasteiger partial charge in [0.2, 0.25) is 0 Å². The van der Waals surface area contributed by atoms with Crippen LogP contribution in [0.15, 0.2) is 12.2 Å². The molecule has 0 saturated carbocycles. The normalized spacial score (nSPS) is 13.2. The summed E-state index contributed by atoms with van der Waals surface area (Å²) < 4.78 is 79.2. The molecule has 0 aliphatic carbocycles. The molecule has 0 saturated heterocycles. The molecule has 0 N–H and O–H groups in total. The van der Waals surface area contributed by atoms with Crippen molar-refractivity contribution >= 4 is 41.1 Å². The lowest BCUT2D eigenvalue weighted by molar-refractivity contribution is -0.142. The molecular weight excluding hydrogens is 437 g/mol. The van der Waals surface area contributed by atoms with Gasteiger partial charge in [-0.25, -0.2) is 0 Å². The number of hydrogen-bond donors (Lipinski definition) is 0. The van der Waals surface area contributed by atoms with Gasteiger partial charge in [0.25, 0.3) is 0 Å². The fraction of sp³-hybridized carbons (Fsp3) is 0.267. The maximum atomic E-state index is 12.9. The number of hydrogen-bond acceptors (Lipinski definition) is 3. The van der Waals surface area contributed by atoms with E-state index in [1.807, 2.05) is 0 Å². The number of ketones is 1. The first-order valence-corrected chi connectivity index (χ1v) is 7.98. The summed E-state index contributed by atoms with van der Waals surface area (Å²) in [6, 6.07) is 0. The minimum Gasteiger partial charge on any atom is -0.290 e. The van der Waals surface area contributed by atoms with Gasteiger partial charge in [0, 0.05) is 25.2 Å². The van der Waals surface area contributed by atoms with Crippen molar-refractivity contribution in [2.75, 3.05) is 0 Å². The second-order valence-electron chi connectivity index (χ2n) is 5.42. The second-order valence-corrected chi connectivity index (χ2v) is 6.13. The predicted molar refractivity (Wildman–Crippen MR) is 89.5 cm³/mol. The van der Waals surface area contributed by atoms with Gasteiger partial charge in [-0.05, 0) is 24.3 Å². The van der Waals surface area contributed by atoms with Crippen molar-refractivity contribution in [2.45, 2.75) is 12.4 Å². The number of aryl methyl sites for hydroxylation is 2. The molecule has 5 nitrogen and oxygen atoms in total. The molecule has 0 unspecified atom stereocenters. The molecule has 2 rings (SSSR count). The van der Waals surface area contributed by atoms with Crippen molar-refractivity contribution in [2.24, 2.45) is 14.1 Å². The fourth-order valence-corrected chi connectivity index (χ4v) is 2.52. The number of alkyl halides is 6. The Kier molecular flexibility index (Phi) is 6.00. The SMILES string of the molecule is Cn1nc(C(F)(F)F)c(/C=C/C(=O)/C=C/c2c(C(F)(F)F)nn(C)c2Cl)c1Cl. The highest BCUT2D eigenvalue weighted by molar-refractivity contribution is 6.31. The summed E-state index contributed by atoms with van der Waals surface area (Å²) in [7, 11) is 2.36. The van der Waals surface area contributed by atoms with E-state index >= 15 is 0 Å². The zero-order valence-electron chi connectivity index (χ0n) is 14.0. The van der Waals surface area contributed by atoms with E-state index in [0.717, 1.165) is 21.5 Å². The average molecular weight is 447 g/mol. The van der Waals surface area contributed by atoms with E-state index < -0.39 is 40.7 Å². The van der Waals surface area contributed by atoms with E-state index in [1.165, 1.54) is 14.1 Å². The predicted octanol–water partition coefficient (Wildman–Crippen LogP) is 4.79. The van der Waals surface area contributed by atoms with Crippen LogP contribution >= 0.6 is 23.2 Å². The topological polar surface area (TPSA) is 52.7 Å². The molecule has 0 amide bonds. The first-order valence-electron chi connectivity index (χ1n) is 7.23. The maximum Gasteiger partial charge on any atom is 0.435 e. The Morgan fingerprint density at radius 1 is 0.821 bits per heavy atom. The van der Waals surface area contributed by atoms with Gasteiger partial charge in [-0.3, -0.25) is 14.2 Å². The second kappa shape index (κ2) is 7.63. The van der Waals surface area contributed by atoms with E-state index in [4.69, 9.17) is 23.2 Å². The highest BCUT2D eigenvalue weighted by Crippen LogP contribution is 2.36. The van der Waals surface area contributed by atoms with Crippen LogP contribution in [0.4, 0.5) is 26.3 Å².